The molecule has 2 aromatic rings. The first-order valence-electron chi connectivity index (χ1n) is 10.8. The lowest BCUT2D eigenvalue weighted by Gasteiger charge is -2.34. The summed E-state index contributed by atoms with van der Waals surface area (Å²) in [6, 6.07) is 13.9. The average Bonchev–Trinajstić information content (AvgIpc) is 2.80. The number of amides is 2. The van der Waals surface area contributed by atoms with Crippen LogP contribution in [0.3, 0.4) is 0 Å². The molecule has 0 aromatic heterocycles. The molecule has 0 unspecified atom stereocenters. The number of hydrogen-bond acceptors (Lipinski definition) is 5. The second-order valence-corrected chi connectivity index (χ2v) is 9.67. The van der Waals surface area contributed by atoms with Gasteiger partial charge in [-0.2, -0.15) is 4.31 Å². The van der Waals surface area contributed by atoms with Crippen molar-refractivity contribution in [1.82, 2.24) is 9.21 Å². The summed E-state index contributed by atoms with van der Waals surface area (Å²) in [7, 11) is -3.55. The molecule has 1 aliphatic heterocycles. The molecule has 9 heteroatoms. The number of piperazine rings is 1. The van der Waals surface area contributed by atoms with Crippen molar-refractivity contribution in [2.24, 2.45) is 0 Å². The smallest absolute Gasteiger partial charge is 0.243 e. The van der Waals surface area contributed by atoms with E-state index < -0.39 is 10.0 Å². The van der Waals surface area contributed by atoms with Gasteiger partial charge < -0.3 is 15.5 Å². The minimum absolute atomic E-state index is 0.0350. The first kappa shape index (κ1) is 23.7. The molecule has 1 fully saturated rings. The molecule has 2 amide bonds. The van der Waals surface area contributed by atoms with Gasteiger partial charge in [0.15, 0.2) is 0 Å². The lowest BCUT2D eigenvalue weighted by Crippen LogP contribution is -2.51. The molecule has 8 nitrogen and oxygen atoms in total. The highest BCUT2D eigenvalue weighted by Gasteiger charge is 2.29. The van der Waals surface area contributed by atoms with Crippen LogP contribution in [0.2, 0.25) is 0 Å². The number of sulfonamides is 1. The molecule has 0 radical (unpaired) electrons. The topological polar surface area (TPSA) is 98.8 Å². The summed E-state index contributed by atoms with van der Waals surface area (Å²) in [5, 5.41) is 6.05. The molecule has 0 bridgehead atoms. The van der Waals surface area contributed by atoms with Crippen LogP contribution in [0.1, 0.15) is 25.3 Å². The van der Waals surface area contributed by atoms with Crippen LogP contribution in [0, 0.1) is 6.92 Å². The first-order valence-corrected chi connectivity index (χ1v) is 12.2. The van der Waals surface area contributed by atoms with E-state index in [4.69, 9.17) is 0 Å². The number of rotatable bonds is 8. The van der Waals surface area contributed by atoms with Crippen LogP contribution < -0.4 is 10.6 Å². The highest BCUT2D eigenvalue weighted by molar-refractivity contribution is 7.89. The summed E-state index contributed by atoms with van der Waals surface area (Å²) in [4.78, 5) is 26.5. The molecular formula is C23H30N4O4S. The standard InChI is InChI=1S/C23H30N4O4S/c1-3-8-22(28)25-21-12-7-11-20(18(21)2)24-17-23(29)26-13-15-27(16-14-26)32(30,31)19-9-5-4-6-10-19/h4-7,9-12,24H,3,8,13-17H2,1-2H3,(H,25,28). The maximum Gasteiger partial charge on any atom is 0.243 e. The normalized spacial score (nSPS) is 14.8. The Hall–Kier alpha value is -2.91. The van der Waals surface area contributed by atoms with Crippen LogP contribution in [0.5, 0.6) is 0 Å². The van der Waals surface area contributed by atoms with Crippen molar-refractivity contribution < 1.29 is 18.0 Å². The first-order chi connectivity index (χ1) is 15.3. The van der Waals surface area contributed by atoms with Crippen molar-refractivity contribution in [3.05, 3.63) is 54.1 Å². The van der Waals surface area contributed by atoms with E-state index in [9.17, 15) is 18.0 Å². The minimum atomic E-state index is -3.55. The van der Waals surface area contributed by atoms with Crippen LogP contribution in [0.15, 0.2) is 53.4 Å². The molecular weight excluding hydrogens is 428 g/mol. The van der Waals surface area contributed by atoms with Gasteiger partial charge in [0, 0.05) is 44.0 Å². The van der Waals surface area contributed by atoms with Gasteiger partial charge in [-0.05, 0) is 43.2 Å². The van der Waals surface area contributed by atoms with Crippen molar-refractivity contribution in [3.63, 3.8) is 0 Å². The molecule has 0 aliphatic carbocycles. The zero-order valence-corrected chi connectivity index (χ0v) is 19.3. The Kier molecular flexibility index (Phi) is 7.87. The van der Waals surface area contributed by atoms with Gasteiger partial charge in [-0.1, -0.05) is 31.2 Å². The predicted octanol–water partition coefficient (Wildman–Crippen LogP) is 2.68. The third kappa shape index (κ3) is 5.66. The Balaban J connectivity index is 1.54. The van der Waals surface area contributed by atoms with Crippen LogP contribution >= 0.6 is 0 Å². The summed E-state index contributed by atoms with van der Waals surface area (Å²) in [6.45, 7) is 5.16. The van der Waals surface area contributed by atoms with Gasteiger partial charge >= 0.3 is 0 Å². The fourth-order valence-electron chi connectivity index (χ4n) is 3.60. The number of nitrogens with one attached hydrogen (secondary N) is 2. The second kappa shape index (κ2) is 10.6. The van der Waals surface area contributed by atoms with Crippen molar-refractivity contribution in [2.75, 3.05) is 43.4 Å². The van der Waals surface area contributed by atoms with E-state index >= 15 is 0 Å². The summed E-state index contributed by atoms with van der Waals surface area (Å²) in [6.07, 6.45) is 1.23. The lowest BCUT2D eigenvalue weighted by molar-refractivity contribution is -0.130. The minimum Gasteiger partial charge on any atom is -0.376 e. The van der Waals surface area contributed by atoms with Gasteiger partial charge in [-0.15, -0.1) is 0 Å². The quantitative estimate of drug-likeness (QED) is 0.634. The maximum atomic E-state index is 12.7. The van der Waals surface area contributed by atoms with Gasteiger partial charge in [0.2, 0.25) is 21.8 Å². The van der Waals surface area contributed by atoms with E-state index in [0.717, 1.165) is 23.4 Å². The zero-order valence-electron chi connectivity index (χ0n) is 18.5. The number of hydrogen-bond donors (Lipinski definition) is 2. The van der Waals surface area contributed by atoms with E-state index in [0.29, 0.717) is 19.5 Å². The summed E-state index contributed by atoms with van der Waals surface area (Å²) in [5.41, 5.74) is 2.36. The number of carbonyl (C=O) groups excluding carboxylic acids is 2. The molecule has 1 aliphatic rings. The van der Waals surface area contributed by atoms with Crippen molar-refractivity contribution >= 4 is 33.2 Å². The fourth-order valence-corrected chi connectivity index (χ4v) is 5.05. The van der Waals surface area contributed by atoms with Gasteiger partial charge in [0.05, 0.1) is 11.4 Å². The fraction of sp³-hybridized carbons (Fsp3) is 0.391. The van der Waals surface area contributed by atoms with Gasteiger partial charge in [0.1, 0.15) is 0 Å². The maximum absolute atomic E-state index is 12.7. The van der Waals surface area contributed by atoms with Crippen LogP contribution in [0.4, 0.5) is 11.4 Å². The monoisotopic (exact) mass is 458 g/mol. The largest absolute Gasteiger partial charge is 0.376 e. The molecule has 3 rings (SSSR count). The van der Waals surface area contributed by atoms with Gasteiger partial charge in [-0.25, -0.2) is 8.42 Å². The Bertz CT molecular complexity index is 1050. The van der Waals surface area contributed by atoms with Crippen LogP contribution in [-0.2, 0) is 19.6 Å². The van der Waals surface area contributed by atoms with Crippen molar-refractivity contribution in [3.8, 4) is 0 Å². The second-order valence-electron chi connectivity index (χ2n) is 7.73. The average molecular weight is 459 g/mol. The summed E-state index contributed by atoms with van der Waals surface area (Å²) < 4.78 is 26.9. The lowest BCUT2D eigenvalue weighted by atomic mass is 10.1. The number of anilines is 2. The van der Waals surface area contributed by atoms with Crippen LogP contribution in [0.25, 0.3) is 0 Å². The van der Waals surface area contributed by atoms with E-state index in [2.05, 4.69) is 10.6 Å². The molecule has 0 saturated carbocycles. The highest BCUT2D eigenvalue weighted by Crippen LogP contribution is 2.24. The summed E-state index contributed by atoms with van der Waals surface area (Å²) >= 11 is 0. The molecule has 2 aromatic carbocycles. The Morgan fingerprint density at radius 3 is 2.25 bits per heavy atom. The Morgan fingerprint density at radius 2 is 1.59 bits per heavy atom. The molecule has 1 heterocycles. The molecule has 2 N–H and O–H groups in total. The van der Waals surface area contributed by atoms with Gasteiger partial charge in [-0.3, -0.25) is 9.59 Å². The third-order valence-electron chi connectivity index (χ3n) is 5.49. The Morgan fingerprint density at radius 1 is 0.938 bits per heavy atom. The highest BCUT2D eigenvalue weighted by atomic mass is 32.2. The number of nitrogens with zero attached hydrogens (tertiary/aromatic N) is 2. The zero-order chi connectivity index (χ0) is 23.1. The molecule has 0 spiro atoms. The molecule has 0 atom stereocenters. The van der Waals surface area contributed by atoms with Crippen LogP contribution in [-0.4, -0.2) is 62.2 Å². The van der Waals surface area contributed by atoms with E-state index in [1.54, 1.807) is 35.2 Å². The van der Waals surface area contributed by atoms with E-state index in [1.807, 2.05) is 32.0 Å². The number of carbonyl (C=O) groups is 2. The Labute approximate surface area is 189 Å². The number of benzene rings is 2. The van der Waals surface area contributed by atoms with Crippen molar-refractivity contribution in [2.45, 2.75) is 31.6 Å². The third-order valence-corrected chi connectivity index (χ3v) is 7.40. The summed E-state index contributed by atoms with van der Waals surface area (Å²) in [5.74, 6) is -0.131. The van der Waals surface area contributed by atoms with Crippen molar-refractivity contribution in [1.29, 1.82) is 0 Å². The molecule has 172 valence electrons. The van der Waals surface area contributed by atoms with E-state index in [1.165, 1.54) is 4.31 Å². The molecule has 1 saturated heterocycles. The predicted molar refractivity (Wildman–Crippen MR) is 125 cm³/mol. The molecule has 32 heavy (non-hydrogen) atoms. The van der Waals surface area contributed by atoms with E-state index in [-0.39, 0.29) is 36.3 Å². The van der Waals surface area contributed by atoms with Gasteiger partial charge in [0.25, 0.3) is 0 Å². The SMILES string of the molecule is CCCC(=O)Nc1cccc(NCC(=O)N2CCN(S(=O)(=O)c3ccccc3)CC2)c1C.